The summed E-state index contributed by atoms with van der Waals surface area (Å²) in [6.07, 6.45) is 3.74. The lowest BCUT2D eigenvalue weighted by atomic mass is 10.3. The Morgan fingerprint density at radius 1 is 1.29 bits per heavy atom. The highest BCUT2D eigenvalue weighted by Gasteiger charge is 2.25. The summed E-state index contributed by atoms with van der Waals surface area (Å²) in [7, 11) is 5.53. The van der Waals surface area contributed by atoms with Gasteiger partial charge in [-0.3, -0.25) is 4.58 Å². The van der Waals surface area contributed by atoms with Crippen LogP contribution < -0.4 is 4.90 Å². The summed E-state index contributed by atoms with van der Waals surface area (Å²) < 4.78 is 1.81. The zero-order valence-electron chi connectivity index (χ0n) is 12.9. The van der Waals surface area contributed by atoms with Crippen LogP contribution in [0.2, 0.25) is 10.0 Å². The average molecular weight is 331 g/mol. The Morgan fingerprint density at radius 3 is 2.48 bits per heavy atom. The minimum Gasteiger partial charge on any atom is -0.307 e. The van der Waals surface area contributed by atoms with Crippen LogP contribution in [0.5, 0.6) is 0 Å². The molecule has 1 aromatic rings. The fourth-order valence-corrected chi connectivity index (χ4v) is 2.06. The number of benzene rings is 1. The Morgan fingerprint density at radius 2 is 1.95 bits per heavy atom. The van der Waals surface area contributed by atoms with E-state index in [1.807, 2.05) is 18.7 Å². The van der Waals surface area contributed by atoms with Crippen LogP contribution in [0.4, 0.5) is 10.5 Å². The molecule has 0 heterocycles. The second kappa shape index (κ2) is 8.25. The zero-order chi connectivity index (χ0) is 16.0. The highest BCUT2D eigenvalue weighted by atomic mass is 35.5. The molecule has 0 spiro atoms. The second-order valence-electron chi connectivity index (χ2n) is 5.11. The first-order valence-corrected chi connectivity index (χ1v) is 7.63. The average Bonchev–Trinajstić information content (AvgIpc) is 2.44. The lowest BCUT2D eigenvalue weighted by Crippen LogP contribution is -2.42. The number of halogens is 2. The maximum Gasteiger partial charge on any atom is 0.415 e. The summed E-state index contributed by atoms with van der Waals surface area (Å²) >= 11 is 12.0. The number of anilines is 1. The quantitative estimate of drug-likeness (QED) is 0.456. The number of amides is 2. The van der Waals surface area contributed by atoms with Crippen molar-refractivity contribution in [2.45, 2.75) is 19.8 Å². The summed E-state index contributed by atoms with van der Waals surface area (Å²) in [6, 6.07) is 5.06. The van der Waals surface area contributed by atoms with Gasteiger partial charge in [-0.05, 0) is 18.6 Å². The molecule has 0 radical (unpaired) electrons. The van der Waals surface area contributed by atoms with E-state index < -0.39 is 0 Å². The first kappa shape index (κ1) is 17.8. The van der Waals surface area contributed by atoms with Gasteiger partial charge in [0.05, 0.1) is 24.1 Å². The molecule has 0 aliphatic carbocycles. The van der Waals surface area contributed by atoms with Crippen LogP contribution in [-0.4, -0.2) is 49.5 Å². The molecule has 0 N–H and O–H groups in total. The predicted octanol–water partition coefficient (Wildman–Crippen LogP) is 3.95. The van der Waals surface area contributed by atoms with E-state index in [4.69, 9.17) is 23.2 Å². The van der Waals surface area contributed by atoms with Crippen LogP contribution >= 0.6 is 23.2 Å². The fraction of sp³-hybridized carbons (Fsp3) is 0.467. The number of carbonyl (C=O) groups excluding carboxylic acids is 1. The summed E-state index contributed by atoms with van der Waals surface area (Å²) in [5.41, 5.74) is 0.687. The van der Waals surface area contributed by atoms with Gasteiger partial charge in [-0.15, -0.1) is 4.90 Å². The Labute approximate surface area is 136 Å². The topological polar surface area (TPSA) is 26.6 Å². The van der Waals surface area contributed by atoms with Gasteiger partial charge in [-0.25, -0.2) is 4.79 Å². The largest absolute Gasteiger partial charge is 0.415 e. The van der Waals surface area contributed by atoms with Crippen LogP contribution in [0.1, 0.15) is 19.8 Å². The van der Waals surface area contributed by atoms with Crippen molar-refractivity contribution in [2.75, 3.05) is 32.6 Å². The predicted molar refractivity (Wildman–Crippen MR) is 90.0 cm³/mol. The Bertz CT molecular complexity index is 528. The molecule has 0 atom stereocenters. The van der Waals surface area contributed by atoms with Crippen molar-refractivity contribution < 1.29 is 9.37 Å². The molecule has 0 aromatic heterocycles. The molecule has 0 unspecified atom stereocenters. The molecule has 0 saturated carbocycles. The third-order valence-corrected chi connectivity index (χ3v) is 3.65. The molecular formula is C15H22Cl2N3O+. The van der Waals surface area contributed by atoms with Crippen molar-refractivity contribution >= 4 is 41.3 Å². The standard InChI is InChI=1S/C15H22Cl2N3O/c1-5-6-9-19(4)15(21)20(11-18(2)3)12-7-8-13(16)14(17)10-12/h7-8,10-11H,5-6,9H2,1-4H3/q+1. The highest BCUT2D eigenvalue weighted by Crippen LogP contribution is 2.27. The van der Waals surface area contributed by atoms with E-state index in [1.54, 1.807) is 41.4 Å². The summed E-state index contributed by atoms with van der Waals surface area (Å²) in [4.78, 5) is 15.9. The summed E-state index contributed by atoms with van der Waals surface area (Å²) in [6.45, 7) is 2.81. The van der Waals surface area contributed by atoms with Gasteiger partial charge in [0, 0.05) is 19.7 Å². The third-order valence-electron chi connectivity index (χ3n) is 2.91. The van der Waals surface area contributed by atoms with E-state index >= 15 is 0 Å². The highest BCUT2D eigenvalue weighted by molar-refractivity contribution is 6.42. The Kier molecular flexibility index (Phi) is 6.99. The molecule has 0 bridgehead atoms. The van der Waals surface area contributed by atoms with Gasteiger partial charge >= 0.3 is 6.03 Å². The first-order valence-electron chi connectivity index (χ1n) is 6.87. The third kappa shape index (κ3) is 5.21. The van der Waals surface area contributed by atoms with Gasteiger partial charge in [0.15, 0.2) is 0 Å². The number of unbranched alkanes of at least 4 members (excludes halogenated alkanes) is 1. The monoisotopic (exact) mass is 330 g/mol. The van der Waals surface area contributed by atoms with Gasteiger partial charge in [-0.2, -0.15) is 0 Å². The number of urea groups is 1. The van der Waals surface area contributed by atoms with E-state index in [2.05, 4.69) is 6.92 Å². The molecule has 4 nitrogen and oxygen atoms in total. The second-order valence-corrected chi connectivity index (χ2v) is 5.92. The van der Waals surface area contributed by atoms with Gasteiger partial charge in [0.2, 0.25) is 6.34 Å². The molecule has 0 fully saturated rings. The number of hydrogen-bond donors (Lipinski definition) is 0. The van der Waals surface area contributed by atoms with Gasteiger partial charge in [0.1, 0.15) is 5.69 Å². The van der Waals surface area contributed by atoms with Crippen molar-refractivity contribution in [1.82, 2.24) is 4.90 Å². The van der Waals surface area contributed by atoms with E-state index in [9.17, 15) is 4.79 Å². The van der Waals surface area contributed by atoms with Crippen molar-refractivity contribution in [3.63, 3.8) is 0 Å². The molecule has 6 heteroatoms. The molecule has 21 heavy (non-hydrogen) atoms. The van der Waals surface area contributed by atoms with Gasteiger partial charge < -0.3 is 4.90 Å². The molecule has 1 aromatic carbocycles. The zero-order valence-corrected chi connectivity index (χ0v) is 14.4. The normalized spacial score (nSPS) is 10.2. The SMILES string of the molecule is CCCCN(C)C(=O)N(C=[N+](C)C)c1ccc(Cl)c(Cl)c1. The Balaban J connectivity index is 3.08. The number of hydrogen-bond acceptors (Lipinski definition) is 1. The molecule has 0 aliphatic heterocycles. The van der Waals surface area contributed by atoms with Crippen molar-refractivity contribution in [1.29, 1.82) is 0 Å². The van der Waals surface area contributed by atoms with Crippen LogP contribution in [0, 0.1) is 0 Å². The fourth-order valence-electron chi connectivity index (χ4n) is 1.77. The lowest BCUT2D eigenvalue weighted by Gasteiger charge is -2.20. The van der Waals surface area contributed by atoms with E-state index in [1.165, 1.54) is 0 Å². The van der Waals surface area contributed by atoms with Gasteiger partial charge in [0.25, 0.3) is 0 Å². The Hall–Kier alpha value is -1.26. The maximum atomic E-state index is 12.6. The molecule has 0 saturated heterocycles. The maximum absolute atomic E-state index is 12.6. The lowest BCUT2D eigenvalue weighted by molar-refractivity contribution is -0.460. The minimum atomic E-state index is -0.101. The summed E-state index contributed by atoms with van der Waals surface area (Å²) in [5.74, 6) is 0. The van der Waals surface area contributed by atoms with Crippen LogP contribution in [0.25, 0.3) is 0 Å². The van der Waals surface area contributed by atoms with E-state index in [0.717, 1.165) is 12.8 Å². The van der Waals surface area contributed by atoms with E-state index in [-0.39, 0.29) is 6.03 Å². The van der Waals surface area contributed by atoms with Crippen molar-refractivity contribution in [3.05, 3.63) is 28.2 Å². The van der Waals surface area contributed by atoms with Crippen molar-refractivity contribution in [2.24, 2.45) is 0 Å². The van der Waals surface area contributed by atoms with Crippen molar-refractivity contribution in [3.8, 4) is 0 Å². The van der Waals surface area contributed by atoms with Gasteiger partial charge in [-0.1, -0.05) is 36.5 Å². The molecule has 1 rings (SSSR count). The smallest absolute Gasteiger partial charge is 0.307 e. The number of carbonyl (C=O) groups is 1. The number of nitrogens with zero attached hydrogens (tertiary/aromatic N) is 3. The van der Waals surface area contributed by atoms with E-state index in [0.29, 0.717) is 22.3 Å². The van der Waals surface area contributed by atoms with Crippen LogP contribution in [0.15, 0.2) is 18.2 Å². The molecule has 2 amide bonds. The molecule has 116 valence electrons. The molecular weight excluding hydrogens is 309 g/mol. The minimum absolute atomic E-state index is 0.101. The number of rotatable bonds is 5. The molecule has 0 aliphatic rings. The first-order chi connectivity index (χ1) is 9.86. The van der Waals surface area contributed by atoms with Crippen LogP contribution in [-0.2, 0) is 0 Å². The van der Waals surface area contributed by atoms with Crippen LogP contribution in [0.3, 0.4) is 0 Å². The summed E-state index contributed by atoms with van der Waals surface area (Å²) in [5, 5.41) is 0.896.